The van der Waals surface area contributed by atoms with E-state index >= 15 is 0 Å². The molecule has 1 unspecified atom stereocenters. The molecule has 5 heteroatoms. The molecular formula is C16H22N2O3. The summed E-state index contributed by atoms with van der Waals surface area (Å²) >= 11 is 0. The molecule has 1 aliphatic heterocycles. The number of hydrogen-bond donors (Lipinski definition) is 2. The van der Waals surface area contributed by atoms with Crippen LogP contribution in [-0.2, 0) is 9.59 Å². The van der Waals surface area contributed by atoms with Crippen molar-refractivity contribution in [2.75, 3.05) is 24.5 Å². The summed E-state index contributed by atoms with van der Waals surface area (Å²) in [5.74, 6) is -0.638. The van der Waals surface area contributed by atoms with Crippen molar-refractivity contribution in [2.24, 2.45) is 11.8 Å². The minimum atomic E-state index is -0.891. The number of carboxylic acids is 1. The number of anilines is 1. The van der Waals surface area contributed by atoms with Gasteiger partial charge < -0.3 is 15.3 Å². The van der Waals surface area contributed by atoms with Crippen LogP contribution >= 0.6 is 0 Å². The van der Waals surface area contributed by atoms with Gasteiger partial charge in [0, 0.05) is 18.2 Å². The van der Waals surface area contributed by atoms with Crippen molar-refractivity contribution in [3.63, 3.8) is 0 Å². The highest BCUT2D eigenvalue weighted by Gasteiger charge is 2.32. The quantitative estimate of drug-likeness (QED) is 0.836. The largest absolute Gasteiger partial charge is 0.481 e. The van der Waals surface area contributed by atoms with Gasteiger partial charge in [0.1, 0.15) is 0 Å². The molecule has 0 aromatic heterocycles. The van der Waals surface area contributed by atoms with Crippen LogP contribution in [0.15, 0.2) is 24.3 Å². The standard InChI is InChI=1S/C16H22N2O3/c1-11-3-5-14(6-4-11)18(8-7-15(19)20)16(21)12(2)13-9-17-10-13/h3-6,12-13,17H,7-10H2,1-2H3,(H,19,20). The number of nitrogens with one attached hydrogen (secondary N) is 1. The lowest BCUT2D eigenvalue weighted by Gasteiger charge is -2.35. The molecule has 1 aliphatic rings. The summed E-state index contributed by atoms with van der Waals surface area (Å²) in [6, 6.07) is 7.62. The molecule has 1 aromatic carbocycles. The maximum atomic E-state index is 12.7. The summed E-state index contributed by atoms with van der Waals surface area (Å²) < 4.78 is 0. The second-order valence-corrected chi connectivity index (χ2v) is 5.68. The van der Waals surface area contributed by atoms with Crippen molar-refractivity contribution >= 4 is 17.6 Å². The number of benzene rings is 1. The molecule has 0 saturated carbocycles. The van der Waals surface area contributed by atoms with E-state index in [1.165, 1.54) is 0 Å². The first kappa shape index (κ1) is 15.5. The molecule has 114 valence electrons. The van der Waals surface area contributed by atoms with E-state index in [0.717, 1.165) is 24.3 Å². The highest BCUT2D eigenvalue weighted by atomic mass is 16.4. The second kappa shape index (κ2) is 6.72. The van der Waals surface area contributed by atoms with Gasteiger partial charge in [-0.15, -0.1) is 0 Å². The van der Waals surface area contributed by atoms with Crippen LogP contribution < -0.4 is 10.2 Å². The number of carboxylic acid groups (broad SMARTS) is 1. The smallest absolute Gasteiger partial charge is 0.305 e. The maximum absolute atomic E-state index is 12.7. The van der Waals surface area contributed by atoms with E-state index in [-0.39, 0.29) is 24.8 Å². The molecule has 2 rings (SSSR count). The molecule has 0 bridgehead atoms. The van der Waals surface area contributed by atoms with E-state index in [0.29, 0.717) is 5.92 Å². The second-order valence-electron chi connectivity index (χ2n) is 5.68. The molecule has 0 spiro atoms. The molecule has 0 aliphatic carbocycles. The van der Waals surface area contributed by atoms with Crippen LogP contribution in [0.25, 0.3) is 0 Å². The highest BCUT2D eigenvalue weighted by molar-refractivity contribution is 5.95. The van der Waals surface area contributed by atoms with Crippen LogP contribution in [0.2, 0.25) is 0 Å². The zero-order valence-electron chi connectivity index (χ0n) is 12.5. The summed E-state index contributed by atoms with van der Waals surface area (Å²) in [4.78, 5) is 25.1. The van der Waals surface area contributed by atoms with Crippen molar-refractivity contribution in [1.29, 1.82) is 0 Å². The molecule has 2 N–H and O–H groups in total. The van der Waals surface area contributed by atoms with Gasteiger partial charge in [0.25, 0.3) is 0 Å². The van der Waals surface area contributed by atoms with Gasteiger partial charge in [-0.1, -0.05) is 24.6 Å². The van der Waals surface area contributed by atoms with Gasteiger partial charge in [-0.25, -0.2) is 0 Å². The van der Waals surface area contributed by atoms with Gasteiger partial charge in [-0.3, -0.25) is 9.59 Å². The molecule has 21 heavy (non-hydrogen) atoms. The fourth-order valence-corrected chi connectivity index (χ4v) is 2.41. The Morgan fingerprint density at radius 3 is 2.43 bits per heavy atom. The first-order chi connectivity index (χ1) is 9.99. The van der Waals surface area contributed by atoms with Crippen molar-refractivity contribution in [3.05, 3.63) is 29.8 Å². The monoisotopic (exact) mass is 290 g/mol. The minimum absolute atomic E-state index is 0.00611. The summed E-state index contributed by atoms with van der Waals surface area (Å²) in [7, 11) is 0. The number of nitrogens with zero attached hydrogens (tertiary/aromatic N) is 1. The molecule has 1 fully saturated rings. The Balaban J connectivity index is 2.15. The lowest BCUT2D eigenvalue weighted by atomic mass is 9.87. The van der Waals surface area contributed by atoms with Crippen LogP contribution in [-0.4, -0.2) is 36.6 Å². The number of hydrogen-bond acceptors (Lipinski definition) is 3. The number of aliphatic carboxylic acids is 1. The first-order valence-electron chi connectivity index (χ1n) is 7.29. The topological polar surface area (TPSA) is 69.6 Å². The number of carbonyl (C=O) groups excluding carboxylic acids is 1. The third kappa shape index (κ3) is 3.82. The Bertz CT molecular complexity index is 509. The van der Waals surface area contributed by atoms with Gasteiger partial charge in [-0.2, -0.15) is 0 Å². The number of carbonyl (C=O) groups is 2. The summed E-state index contributed by atoms with van der Waals surface area (Å²) in [5.41, 5.74) is 1.88. The van der Waals surface area contributed by atoms with Crippen LogP contribution in [0.5, 0.6) is 0 Å². The van der Waals surface area contributed by atoms with E-state index in [4.69, 9.17) is 5.11 Å². The Morgan fingerprint density at radius 2 is 1.95 bits per heavy atom. The van der Waals surface area contributed by atoms with Gasteiger partial charge in [0.2, 0.25) is 5.91 Å². The third-order valence-electron chi connectivity index (χ3n) is 4.07. The predicted molar refractivity (Wildman–Crippen MR) is 81.3 cm³/mol. The third-order valence-corrected chi connectivity index (χ3v) is 4.07. The molecule has 0 radical (unpaired) electrons. The van der Waals surface area contributed by atoms with E-state index in [2.05, 4.69) is 5.32 Å². The Morgan fingerprint density at radius 1 is 1.33 bits per heavy atom. The van der Waals surface area contributed by atoms with E-state index < -0.39 is 5.97 Å². The average Bonchev–Trinajstić information content (AvgIpc) is 2.38. The molecule has 1 aromatic rings. The van der Waals surface area contributed by atoms with Crippen LogP contribution in [0.1, 0.15) is 18.9 Å². The molecule has 1 saturated heterocycles. The summed E-state index contributed by atoms with van der Waals surface area (Å²) in [6.45, 7) is 5.83. The Hall–Kier alpha value is -1.88. The molecule has 1 heterocycles. The van der Waals surface area contributed by atoms with Gasteiger partial charge in [0.15, 0.2) is 0 Å². The molecule has 1 amide bonds. The summed E-state index contributed by atoms with van der Waals surface area (Å²) in [5, 5.41) is 12.1. The molecule has 1 atom stereocenters. The van der Waals surface area contributed by atoms with Crippen molar-refractivity contribution in [1.82, 2.24) is 5.32 Å². The first-order valence-corrected chi connectivity index (χ1v) is 7.29. The molecular weight excluding hydrogens is 268 g/mol. The lowest BCUT2D eigenvalue weighted by molar-refractivity contribution is -0.136. The van der Waals surface area contributed by atoms with Crippen molar-refractivity contribution in [3.8, 4) is 0 Å². The zero-order valence-corrected chi connectivity index (χ0v) is 12.5. The zero-order chi connectivity index (χ0) is 15.4. The normalized spacial score (nSPS) is 16.1. The fourth-order valence-electron chi connectivity index (χ4n) is 2.41. The van der Waals surface area contributed by atoms with Crippen LogP contribution in [0.4, 0.5) is 5.69 Å². The minimum Gasteiger partial charge on any atom is -0.481 e. The van der Waals surface area contributed by atoms with Gasteiger partial charge in [0.05, 0.1) is 6.42 Å². The summed E-state index contributed by atoms with van der Waals surface area (Å²) in [6.07, 6.45) is -0.0464. The maximum Gasteiger partial charge on any atom is 0.305 e. The van der Waals surface area contributed by atoms with Crippen molar-refractivity contribution in [2.45, 2.75) is 20.3 Å². The Kier molecular flexibility index (Phi) is 4.96. The SMILES string of the molecule is Cc1ccc(N(CCC(=O)O)C(=O)C(C)C2CNC2)cc1. The average molecular weight is 290 g/mol. The van der Waals surface area contributed by atoms with E-state index in [1.54, 1.807) is 4.90 Å². The fraction of sp³-hybridized carbons (Fsp3) is 0.500. The van der Waals surface area contributed by atoms with Crippen molar-refractivity contribution < 1.29 is 14.7 Å². The van der Waals surface area contributed by atoms with Gasteiger partial charge in [-0.05, 0) is 38.1 Å². The highest BCUT2D eigenvalue weighted by Crippen LogP contribution is 2.23. The number of amides is 1. The predicted octanol–water partition coefficient (Wildman–Crippen LogP) is 1.66. The molecule has 5 nitrogen and oxygen atoms in total. The van der Waals surface area contributed by atoms with E-state index in [1.807, 2.05) is 38.1 Å². The lowest BCUT2D eigenvalue weighted by Crippen LogP contribution is -2.50. The van der Waals surface area contributed by atoms with Gasteiger partial charge >= 0.3 is 5.97 Å². The van der Waals surface area contributed by atoms with Crippen LogP contribution in [0.3, 0.4) is 0 Å². The van der Waals surface area contributed by atoms with E-state index in [9.17, 15) is 9.59 Å². The Labute approximate surface area is 125 Å². The number of rotatable bonds is 6. The van der Waals surface area contributed by atoms with Crippen LogP contribution in [0, 0.1) is 18.8 Å². The number of aryl methyl sites for hydroxylation is 1.